The van der Waals surface area contributed by atoms with Gasteiger partial charge in [0.1, 0.15) is 5.54 Å². The molecule has 1 N–H and O–H groups in total. The average Bonchev–Trinajstić information content (AvgIpc) is 2.23. The van der Waals surface area contributed by atoms with E-state index in [9.17, 15) is 14.7 Å². The van der Waals surface area contributed by atoms with E-state index in [0.717, 1.165) is 0 Å². The summed E-state index contributed by atoms with van der Waals surface area (Å²) in [7, 11) is 1.98. The van der Waals surface area contributed by atoms with E-state index in [2.05, 4.69) is 4.90 Å². The van der Waals surface area contributed by atoms with Crippen molar-refractivity contribution in [3.63, 3.8) is 0 Å². The first-order valence-electron chi connectivity index (χ1n) is 6.02. The molecule has 0 radical (unpaired) electrons. The summed E-state index contributed by atoms with van der Waals surface area (Å²) in [5, 5.41) is 9.52. The molecule has 2 atom stereocenters. The van der Waals surface area contributed by atoms with Gasteiger partial charge in [-0.25, -0.2) is 4.79 Å². The molecule has 1 fully saturated rings. The van der Waals surface area contributed by atoms with Crippen molar-refractivity contribution in [1.82, 2.24) is 9.80 Å². The number of piperidine rings is 1. The smallest absolute Gasteiger partial charge is 0.329 e. The van der Waals surface area contributed by atoms with E-state index >= 15 is 0 Å². The normalized spacial score (nSPS) is 30.3. The predicted octanol–water partition coefficient (Wildman–Crippen LogP) is 0.791. The van der Waals surface area contributed by atoms with Gasteiger partial charge in [-0.3, -0.25) is 4.79 Å². The Hall–Kier alpha value is -1.10. The van der Waals surface area contributed by atoms with E-state index in [1.54, 1.807) is 0 Å². The highest BCUT2D eigenvalue weighted by Crippen LogP contribution is 2.32. The maximum Gasteiger partial charge on any atom is 0.329 e. The van der Waals surface area contributed by atoms with Crippen LogP contribution in [0.15, 0.2) is 0 Å². The number of carbonyl (C=O) groups excluding carboxylic acids is 1. The van der Waals surface area contributed by atoms with E-state index in [0.29, 0.717) is 25.8 Å². The third kappa shape index (κ3) is 2.44. The van der Waals surface area contributed by atoms with Crippen LogP contribution in [0.1, 0.15) is 33.6 Å². The lowest BCUT2D eigenvalue weighted by Crippen LogP contribution is -2.63. The van der Waals surface area contributed by atoms with Crippen molar-refractivity contribution >= 4 is 12.4 Å². The van der Waals surface area contributed by atoms with E-state index in [1.807, 2.05) is 27.8 Å². The maximum atomic E-state index is 11.6. The summed E-state index contributed by atoms with van der Waals surface area (Å²) in [6.45, 7) is 6.40. The number of hydrogen-bond acceptors (Lipinski definition) is 3. The molecule has 0 aromatic carbocycles. The maximum absolute atomic E-state index is 11.6. The quantitative estimate of drug-likeness (QED) is 0.740. The first kappa shape index (κ1) is 14.0. The van der Waals surface area contributed by atoms with Crippen molar-refractivity contribution in [2.75, 3.05) is 13.6 Å². The second kappa shape index (κ2) is 5.04. The van der Waals surface area contributed by atoms with Gasteiger partial charge < -0.3 is 14.9 Å². The third-order valence-corrected chi connectivity index (χ3v) is 3.83. The molecule has 1 aliphatic heterocycles. The van der Waals surface area contributed by atoms with Crippen LogP contribution in [0.4, 0.5) is 0 Å². The number of carboxylic acid groups (broad SMARTS) is 1. The van der Waals surface area contributed by atoms with Gasteiger partial charge in [-0.15, -0.1) is 0 Å². The monoisotopic (exact) mass is 242 g/mol. The Morgan fingerprint density at radius 2 is 2.18 bits per heavy atom. The van der Waals surface area contributed by atoms with Crippen LogP contribution in [0.3, 0.4) is 0 Å². The van der Waals surface area contributed by atoms with Gasteiger partial charge in [-0.2, -0.15) is 0 Å². The number of amides is 1. The Morgan fingerprint density at radius 1 is 1.59 bits per heavy atom. The fourth-order valence-electron chi connectivity index (χ4n) is 2.58. The minimum absolute atomic E-state index is 0.0980. The van der Waals surface area contributed by atoms with Crippen LogP contribution in [0.25, 0.3) is 0 Å². The largest absolute Gasteiger partial charge is 0.479 e. The molecule has 0 aromatic heterocycles. The second-order valence-corrected chi connectivity index (χ2v) is 5.23. The summed E-state index contributed by atoms with van der Waals surface area (Å²) in [6, 6.07) is 0.0697. The zero-order valence-electron chi connectivity index (χ0n) is 11.0. The van der Waals surface area contributed by atoms with Crippen molar-refractivity contribution < 1.29 is 14.7 Å². The van der Waals surface area contributed by atoms with Crippen LogP contribution in [0, 0.1) is 0 Å². The Bertz CT molecular complexity index is 306. The van der Waals surface area contributed by atoms with Crippen molar-refractivity contribution in [2.45, 2.75) is 51.2 Å². The van der Waals surface area contributed by atoms with Crippen molar-refractivity contribution in [3.05, 3.63) is 0 Å². The van der Waals surface area contributed by atoms with Crippen LogP contribution in [-0.4, -0.2) is 58.5 Å². The number of nitrogens with zero attached hydrogens (tertiary/aromatic N) is 2. The summed E-state index contributed by atoms with van der Waals surface area (Å²) < 4.78 is 0. The topological polar surface area (TPSA) is 60.9 Å². The zero-order chi connectivity index (χ0) is 13.2. The van der Waals surface area contributed by atoms with E-state index in [1.165, 1.54) is 4.90 Å². The lowest BCUT2D eigenvalue weighted by Gasteiger charge is -2.47. The predicted molar refractivity (Wildman–Crippen MR) is 64.7 cm³/mol. The van der Waals surface area contributed by atoms with E-state index in [4.69, 9.17) is 0 Å². The summed E-state index contributed by atoms with van der Waals surface area (Å²) in [4.78, 5) is 26.4. The molecular formula is C12H22N2O3. The molecule has 5 heteroatoms. The molecule has 1 amide bonds. The molecule has 17 heavy (non-hydrogen) atoms. The lowest BCUT2D eigenvalue weighted by molar-refractivity contribution is -0.162. The van der Waals surface area contributed by atoms with Crippen LogP contribution < -0.4 is 0 Å². The highest BCUT2D eigenvalue weighted by molar-refractivity contribution is 5.82. The van der Waals surface area contributed by atoms with Gasteiger partial charge in [0, 0.05) is 18.6 Å². The number of hydrogen-bond donors (Lipinski definition) is 1. The first-order chi connectivity index (χ1) is 7.85. The third-order valence-electron chi connectivity index (χ3n) is 3.83. The molecule has 0 aromatic rings. The molecule has 5 nitrogen and oxygen atoms in total. The summed E-state index contributed by atoms with van der Waals surface area (Å²) in [5.74, 6) is -0.891. The minimum atomic E-state index is -1.04. The van der Waals surface area contributed by atoms with Crippen LogP contribution in [0.2, 0.25) is 0 Å². The molecule has 1 rings (SSSR count). The average molecular weight is 242 g/mol. The molecule has 1 heterocycles. The van der Waals surface area contributed by atoms with Gasteiger partial charge in [-0.05, 0) is 40.7 Å². The highest BCUT2D eigenvalue weighted by Gasteiger charge is 2.48. The Kier molecular flexibility index (Phi) is 4.14. The molecular weight excluding hydrogens is 220 g/mol. The van der Waals surface area contributed by atoms with Crippen LogP contribution >= 0.6 is 0 Å². The molecule has 1 saturated heterocycles. The Morgan fingerprint density at radius 3 is 2.53 bits per heavy atom. The number of carboxylic acids is 1. The fourth-order valence-corrected chi connectivity index (χ4v) is 2.58. The summed E-state index contributed by atoms with van der Waals surface area (Å²) >= 11 is 0. The highest BCUT2D eigenvalue weighted by atomic mass is 16.4. The number of likely N-dealkylation sites (tertiary alicyclic amines) is 1. The number of aliphatic carboxylic acids is 1. The SMILES string of the molecule is CC1CC(C(=O)O)(N(C=O)C(C)C)CCN1C. The molecule has 0 aliphatic carbocycles. The second-order valence-electron chi connectivity index (χ2n) is 5.23. The molecule has 0 spiro atoms. The van der Waals surface area contributed by atoms with E-state index in [-0.39, 0.29) is 12.1 Å². The van der Waals surface area contributed by atoms with Gasteiger partial charge in [0.2, 0.25) is 6.41 Å². The zero-order valence-corrected chi connectivity index (χ0v) is 11.0. The molecule has 0 bridgehead atoms. The number of carbonyl (C=O) groups is 2. The van der Waals surface area contributed by atoms with Gasteiger partial charge in [-0.1, -0.05) is 0 Å². The summed E-state index contributed by atoms with van der Waals surface area (Å²) in [5.41, 5.74) is -1.04. The summed E-state index contributed by atoms with van der Waals surface area (Å²) in [6.07, 6.45) is 1.65. The van der Waals surface area contributed by atoms with Gasteiger partial charge in [0.05, 0.1) is 0 Å². The van der Waals surface area contributed by atoms with Gasteiger partial charge in [0.25, 0.3) is 0 Å². The van der Waals surface area contributed by atoms with Gasteiger partial charge >= 0.3 is 5.97 Å². The Labute approximate surface area is 102 Å². The first-order valence-corrected chi connectivity index (χ1v) is 6.02. The Balaban J connectivity index is 3.06. The van der Waals surface area contributed by atoms with Crippen molar-refractivity contribution in [2.24, 2.45) is 0 Å². The van der Waals surface area contributed by atoms with E-state index < -0.39 is 11.5 Å². The number of rotatable bonds is 4. The molecule has 98 valence electrons. The minimum Gasteiger partial charge on any atom is -0.479 e. The lowest BCUT2D eigenvalue weighted by atomic mass is 9.81. The van der Waals surface area contributed by atoms with Crippen molar-refractivity contribution in [3.8, 4) is 0 Å². The molecule has 0 saturated carbocycles. The van der Waals surface area contributed by atoms with Crippen LogP contribution in [-0.2, 0) is 9.59 Å². The van der Waals surface area contributed by atoms with Crippen LogP contribution in [0.5, 0.6) is 0 Å². The fraction of sp³-hybridized carbons (Fsp3) is 0.833. The molecule has 1 aliphatic rings. The van der Waals surface area contributed by atoms with Crippen molar-refractivity contribution in [1.29, 1.82) is 0 Å². The van der Waals surface area contributed by atoms with Gasteiger partial charge in [0.15, 0.2) is 0 Å². The molecule has 2 unspecified atom stereocenters. The standard InChI is InChI=1S/C12H22N2O3/c1-9(2)14(8-15)12(11(16)17)5-6-13(4)10(3)7-12/h8-10H,5-7H2,1-4H3,(H,16,17).